The van der Waals surface area contributed by atoms with Gasteiger partial charge in [-0.2, -0.15) is 5.10 Å². The summed E-state index contributed by atoms with van der Waals surface area (Å²) in [6, 6.07) is 16.7. The lowest BCUT2D eigenvalue weighted by atomic mass is 10.2. The average Bonchev–Trinajstić information content (AvgIpc) is 2.89. The molecule has 0 unspecified atom stereocenters. The summed E-state index contributed by atoms with van der Waals surface area (Å²) in [4.78, 5) is 23.9. The van der Waals surface area contributed by atoms with Crippen LogP contribution in [-0.4, -0.2) is 21.6 Å². The van der Waals surface area contributed by atoms with Gasteiger partial charge in [-0.15, -0.1) is 0 Å². The topological polar surface area (TPSA) is 76.0 Å². The molecule has 0 aliphatic rings. The van der Waals surface area contributed by atoms with E-state index in [9.17, 15) is 9.59 Å². The Morgan fingerprint density at radius 3 is 2.37 bits per heavy atom. The SMILES string of the molecule is CC(=O)Nc1cccc(NC(=O)c2c(C)nn(Cc3ccccc3)c2Cl)c1. The van der Waals surface area contributed by atoms with Crippen LogP contribution in [0, 0.1) is 6.92 Å². The van der Waals surface area contributed by atoms with Crippen LogP contribution in [0.5, 0.6) is 0 Å². The van der Waals surface area contributed by atoms with Gasteiger partial charge in [-0.1, -0.05) is 48.0 Å². The third kappa shape index (κ3) is 4.54. The van der Waals surface area contributed by atoms with E-state index in [2.05, 4.69) is 15.7 Å². The summed E-state index contributed by atoms with van der Waals surface area (Å²) in [7, 11) is 0. The molecule has 0 saturated heterocycles. The van der Waals surface area contributed by atoms with E-state index in [4.69, 9.17) is 11.6 Å². The maximum Gasteiger partial charge on any atom is 0.260 e. The van der Waals surface area contributed by atoms with E-state index < -0.39 is 0 Å². The largest absolute Gasteiger partial charge is 0.326 e. The number of nitrogens with zero attached hydrogens (tertiary/aromatic N) is 2. The zero-order valence-corrected chi connectivity index (χ0v) is 15.7. The van der Waals surface area contributed by atoms with Crippen LogP contribution in [0.15, 0.2) is 54.6 Å². The normalized spacial score (nSPS) is 10.5. The Labute approximate surface area is 162 Å². The van der Waals surface area contributed by atoms with Crippen molar-refractivity contribution in [3.8, 4) is 0 Å². The van der Waals surface area contributed by atoms with Gasteiger partial charge in [0.25, 0.3) is 5.91 Å². The molecule has 1 aromatic heterocycles. The maximum absolute atomic E-state index is 12.7. The van der Waals surface area contributed by atoms with Crippen molar-refractivity contribution < 1.29 is 9.59 Å². The quantitative estimate of drug-likeness (QED) is 0.697. The van der Waals surface area contributed by atoms with Crippen molar-refractivity contribution in [3.05, 3.63) is 76.6 Å². The molecule has 0 aliphatic heterocycles. The van der Waals surface area contributed by atoms with E-state index in [1.54, 1.807) is 35.9 Å². The fourth-order valence-corrected chi connectivity index (χ4v) is 3.06. The number of aryl methyl sites for hydroxylation is 1. The minimum atomic E-state index is -0.350. The van der Waals surface area contributed by atoms with Crippen LogP contribution in [0.2, 0.25) is 5.15 Å². The zero-order valence-electron chi connectivity index (χ0n) is 15.0. The van der Waals surface area contributed by atoms with E-state index in [0.717, 1.165) is 5.56 Å². The standard InChI is InChI=1S/C20H19ClN4O2/c1-13-18(19(21)25(24-13)12-15-7-4-3-5-8-15)20(27)23-17-10-6-9-16(11-17)22-14(2)26/h3-11H,12H2,1-2H3,(H,22,26)(H,23,27). The highest BCUT2D eigenvalue weighted by Crippen LogP contribution is 2.23. The van der Waals surface area contributed by atoms with Crippen LogP contribution in [0.3, 0.4) is 0 Å². The van der Waals surface area contributed by atoms with Crippen LogP contribution in [-0.2, 0) is 11.3 Å². The second-order valence-electron chi connectivity index (χ2n) is 6.11. The second kappa shape index (κ2) is 8.05. The van der Waals surface area contributed by atoms with Gasteiger partial charge in [-0.3, -0.25) is 9.59 Å². The molecule has 0 spiro atoms. The average molecular weight is 383 g/mol. The molecule has 3 rings (SSSR count). The second-order valence-corrected chi connectivity index (χ2v) is 6.47. The van der Waals surface area contributed by atoms with Gasteiger partial charge in [0.15, 0.2) is 0 Å². The van der Waals surface area contributed by atoms with Crippen LogP contribution < -0.4 is 10.6 Å². The number of nitrogens with one attached hydrogen (secondary N) is 2. The molecule has 6 nitrogen and oxygen atoms in total. The number of carbonyl (C=O) groups excluding carboxylic acids is 2. The lowest BCUT2D eigenvalue weighted by Gasteiger charge is -2.08. The van der Waals surface area contributed by atoms with Gasteiger partial charge in [0.2, 0.25) is 5.91 Å². The molecular weight excluding hydrogens is 364 g/mol. The number of anilines is 2. The number of carbonyl (C=O) groups is 2. The van der Waals surface area contributed by atoms with Crippen molar-refractivity contribution in [1.29, 1.82) is 0 Å². The van der Waals surface area contributed by atoms with E-state index >= 15 is 0 Å². The highest BCUT2D eigenvalue weighted by atomic mass is 35.5. The molecule has 0 aliphatic carbocycles. The molecular formula is C20H19ClN4O2. The van der Waals surface area contributed by atoms with Gasteiger partial charge < -0.3 is 10.6 Å². The van der Waals surface area contributed by atoms with E-state index in [1.165, 1.54) is 6.92 Å². The number of amides is 2. The van der Waals surface area contributed by atoms with Gasteiger partial charge in [0.05, 0.1) is 17.8 Å². The van der Waals surface area contributed by atoms with Crippen molar-refractivity contribution >= 4 is 34.8 Å². The Hall–Kier alpha value is -3.12. The fraction of sp³-hybridized carbons (Fsp3) is 0.150. The number of benzene rings is 2. The summed E-state index contributed by atoms with van der Waals surface area (Å²) in [5, 5.41) is 10.2. The minimum absolute atomic E-state index is 0.181. The van der Waals surface area contributed by atoms with Crippen molar-refractivity contribution in [2.45, 2.75) is 20.4 Å². The summed E-state index contributed by atoms with van der Waals surface area (Å²) in [6.07, 6.45) is 0. The third-order valence-electron chi connectivity index (χ3n) is 3.91. The monoisotopic (exact) mass is 382 g/mol. The van der Waals surface area contributed by atoms with Crippen LogP contribution >= 0.6 is 11.6 Å². The molecule has 138 valence electrons. The number of hydrogen-bond donors (Lipinski definition) is 2. The zero-order chi connectivity index (χ0) is 19.4. The Balaban J connectivity index is 1.80. The summed E-state index contributed by atoms with van der Waals surface area (Å²) in [6.45, 7) is 3.65. The molecule has 3 aromatic rings. The van der Waals surface area contributed by atoms with E-state index in [0.29, 0.717) is 29.2 Å². The first-order valence-electron chi connectivity index (χ1n) is 8.40. The van der Waals surface area contributed by atoms with E-state index in [1.807, 2.05) is 30.3 Å². The van der Waals surface area contributed by atoms with Crippen molar-refractivity contribution in [3.63, 3.8) is 0 Å². The first-order valence-corrected chi connectivity index (χ1v) is 8.77. The summed E-state index contributed by atoms with van der Waals surface area (Å²) in [5.74, 6) is -0.531. The molecule has 2 N–H and O–H groups in total. The first kappa shape index (κ1) is 18.7. The number of rotatable bonds is 5. The third-order valence-corrected chi connectivity index (χ3v) is 4.29. The predicted octanol–water partition coefficient (Wildman–Crippen LogP) is 4.10. The van der Waals surface area contributed by atoms with Crippen molar-refractivity contribution in [2.75, 3.05) is 10.6 Å². The number of hydrogen-bond acceptors (Lipinski definition) is 3. The van der Waals surface area contributed by atoms with E-state index in [-0.39, 0.29) is 17.0 Å². The van der Waals surface area contributed by atoms with Crippen LogP contribution in [0.4, 0.5) is 11.4 Å². The van der Waals surface area contributed by atoms with Gasteiger partial charge in [-0.05, 0) is 30.7 Å². The van der Waals surface area contributed by atoms with Crippen LogP contribution in [0.1, 0.15) is 28.5 Å². The molecule has 0 atom stereocenters. The first-order chi connectivity index (χ1) is 12.9. The highest BCUT2D eigenvalue weighted by molar-refractivity contribution is 6.33. The Kier molecular flexibility index (Phi) is 5.57. The van der Waals surface area contributed by atoms with Gasteiger partial charge in [0, 0.05) is 18.3 Å². The molecule has 0 radical (unpaired) electrons. The lowest BCUT2D eigenvalue weighted by Crippen LogP contribution is -2.14. The molecule has 2 aromatic carbocycles. The highest BCUT2D eigenvalue weighted by Gasteiger charge is 2.20. The summed E-state index contributed by atoms with van der Waals surface area (Å²) < 4.78 is 1.61. The van der Waals surface area contributed by atoms with Gasteiger partial charge >= 0.3 is 0 Å². The molecule has 7 heteroatoms. The lowest BCUT2D eigenvalue weighted by molar-refractivity contribution is -0.114. The number of aromatic nitrogens is 2. The Bertz CT molecular complexity index is 983. The Morgan fingerprint density at radius 2 is 1.70 bits per heavy atom. The predicted molar refractivity (Wildman–Crippen MR) is 106 cm³/mol. The molecule has 1 heterocycles. The molecule has 0 saturated carbocycles. The number of halogens is 1. The minimum Gasteiger partial charge on any atom is -0.326 e. The van der Waals surface area contributed by atoms with Crippen molar-refractivity contribution in [2.24, 2.45) is 0 Å². The molecule has 0 fully saturated rings. The van der Waals surface area contributed by atoms with Gasteiger partial charge in [-0.25, -0.2) is 4.68 Å². The molecule has 27 heavy (non-hydrogen) atoms. The van der Waals surface area contributed by atoms with Crippen molar-refractivity contribution in [1.82, 2.24) is 9.78 Å². The Morgan fingerprint density at radius 1 is 1.04 bits per heavy atom. The summed E-state index contributed by atoms with van der Waals surface area (Å²) in [5.41, 5.74) is 3.07. The summed E-state index contributed by atoms with van der Waals surface area (Å²) >= 11 is 6.42. The fourth-order valence-electron chi connectivity index (χ4n) is 2.74. The van der Waals surface area contributed by atoms with Gasteiger partial charge in [0.1, 0.15) is 5.15 Å². The molecule has 0 bridgehead atoms. The maximum atomic E-state index is 12.7. The smallest absolute Gasteiger partial charge is 0.260 e. The van der Waals surface area contributed by atoms with Crippen LogP contribution in [0.25, 0.3) is 0 Å². The molecule has 2 amide bonds.